The Morgan fingerprint density at radius 1 is 1.32 bits per heavy atom. The number of carbonyl (C=O) groups is 1. The van der Waals surface area contributed by atoms with Gasteiger partial charge in [0.2, 0.25) is 11.1 Å². The Labute approximate surface area is 157 Å². The van der Waals surface area contributed by atoms with Crippen LogP contribution in [0.1, 0.15) is 4.88 Å². The molecule has 10 heteroatoms. The van der Waals surface area contributed by atoms with Gasteiger partial charge in [-0.05, 0) is 46.8 Å². The van der Waals surface area contributed by atoms with Crippen LogP contribution >= 0.6 is 34.7 Å². The lowest BCUT2D eigenvalue weighted by Gasteiger charge is -2.06. The molecule has 2 heterocycles. The molecule has 25 heavy (non-hydrogen) atoms. The summed E-state index contributed by atoms with van der Waals surface area (Å²) in [5.41, 5.74) is 0.793. The minimum absolute atomic E-state index is 0.0983. The molecular formula is C15H14ClN5O2S2. The Kier molecular flexibility index (Phi) is 5.90. The summed E-state index contributed by atoms with van der Waals surface area (Å²) in [5.74, 6) is 0.869. The molecule has 0 saturated heterocycles. The van der Waals surface area contributed by atoms with E-state index in [0.29, 0.717) is 16.0 Å². The number of tetrazole rings is 1. The number of thiophene rings is 1. The molecule has 1 aromatic carbocycles. The van der Waals surface area contributed by atoms with Crippen molar-refractivity contribution in [1.82, 2.24) is 25.5 Å². The van der Waals surface area contributed by atoms with Crippen molar-refractivity contribution in [3.8, 4) is 11.4 Å². The molecule has 0 bridgehead atoms. The fourth-order valence-corrected chi connectivity index (χ4v) is 3.72. The van der Waals surface area contributed by atoms with Crippen LogP contribution in [0.4, 0.5) is 0 Å². The van der Waals surface area contributed by atoms with Crippen LogP contribution in [-0.4, -0.2) is 39.0 Å². The molecule has 1 N–H and O–H groups in total. The summed E-state index contributed by atoms with van der Waals surface area (Å²) < 4.78 is 7.42. The normalized spacial score (nSPS) is 10.6. The van der Waals surface area contributed by atoms with Crippen LogP contribution in [0, 0.1) is 0 Å². The van der Waals surface area contributed by atoms with E-state index in [-0.39, 0.29) is 11.7 Å². The van der Waals surface area contributed by atoms with Crippen molar-refractivity contribution in [2.45, 2.75) is 11.7 Å². The van der Waals surface area contributed by atoms with Crippen LogP contribution in [0.5, 0.6) is 5.75 Å². The van der Waals surface area contributed by atoms with E-state index in [1.54, 1.807) is 11.8 Å². The number of benzene rings is 1. The number of halogens is 1. The highest BCUT2D eigenvalue weighted by Gasteiger charge is 2.12. The molecule has 0 radical (unpaired) electrons. The number of amides is 1. The van der Waals surface area contributed by atoms with Crippen molar-refractivity contribution in [2.24, 2.45) is 0 Å². The molecule has 2 aromatic heterocycles. The largest absolute Gasteiger partial charge is 0.497 e. The lowest BCUT2D eigenvalue weighted by atomic mass is 10.3. The van der Waals surface area contributed by atoms with E-state index >= 15 is 0 Å². The van der Waals surface area contributed by atoms with Crippen LogP contribution in [0.15, 0.2) is 41.6 Å². The summed E-state index contributed by atoms with van der Waals surface area (Å²) in [6.07, 6.45) is 0. The molecule has 0 fully saturated rings. The number of nitrogens with zero attached hydrogens (tertiary/aromatic N) is 4. The SMILES string of the molecule is COc1ccc(-n2nnnc2SCC(=O)NCc2ccc(Cl)s2)cc1. The van der Waals surface area contributed by atoms with Gasteiger partial charge in [0.25, 0.3) is 0 Å². The minimum Gasteiger partial charge on any atom is -0.497 e. The lowest BCUT2D eigenvalue weighted by Crippen LogP contribution is -2.24. The number of aromatic nitrogens is 4. The number of thioether (sulfide) groups is 1. The Balaban J connectivity index is 1.56. The Morgan fingerprint density at radius 2 is 2.12 bits per heavy atom. The predicted molar refractivity (Wildman–Crippen MR) is 97.6 cm³/mol. The van der Waals surface area contributed by atoms with Gasteiger partial charge in [-0.25, -0.2) is 0 Å². The van der Waals surface area contributed by atoms with Gasteiger partial charge in [-0.3, -0.25) is 4.79 Å². The van der Waals surface area contributed by atoms with E-state index in [1.165, 1.54) is 23.1 Å². The summed E-state index contributed by atoms with van der Waals surface area (Å²) in [5, 5.41) is 15.0. The van der Waals surface area contributed by atoms with E-state index in [4.69, 9.17) is 16.3 Å². The molecular weight excluding hydrogens is 382 g/mol. The predicted octanol–water partition coefficient (Wildman–Crippen LogP) is 2.79. The molecule has 3 rings (SSSR count). The summed E-state index contributed by atoms with van der Waals surface area (Å²) in [7, 11) is 1.61. The van der Waals surface area contributed by atoms with Crippen LogP contribution in [0.3, 0.4) is 0 Å². The fraction of sp³-hybridized carbons (Fsp3) is 0.200. The van der Waals surface area contributed by atoms with E-state index in [2.05, 4.69) is 20.8 Å². The van der Waals surface area contributed by atoms with E-state index in [0.717, 1.165) is 16.3 Å². The first-order valence-electron chi connectivity index (χ1n) is 7.22. The molecule has 7 nitrogen and oxygen atoms in total. The van der Waals surface area contributed by atoms with Crippen molar-refractivity contribution >= 4 is 40.6 Å². The number of ether oxygens (including phenoxy) is 1. The minimum atomic E-state index is -0.0983. The first-order chi connectivity index (χ1) is 12.2. The third kappa shape index (κ3) is 4.71. The second kappa shape index (κ2) is 8.32. The maximum absolute atomic E-state index is 12.0. The Morgan fingerprint density at radius 3 is 2.80 bits per heavy atom. The molecule has 0 aliphatic carbocycles. The first-order valence-corrected chi connectivity index (χ1v) is 9.40. The van der Waals surface area contributed by atoms with E-state index < -0.39 is 0 Å². The summed E-state index contributed by atoms with van der Waals surface area (Å²) in [6.45, 7) is 0.459. The maximum Gasteiger partial charge on any atom is 0.230 e. The number of methoxy groups -OCH3 is 1. The summed E-state index contributed by atoms with van der Waals surface area (Å²) in [4.78, 5) is 13.0. The third-order valence-electron chi connectivity index (χ3n) is 3.18. The van der Waals surface area contributed by atoms with Crippen molar-refractivity contribution in [1.29, 1.82) is 0 Å². The second-order valence-corrected chi connectivity index (χ2v) is 7.58. The smallest absolute Gasteiger partial charge is 0.230 e. The van der Waals surface area contributed by atoms with Gasteiger partial charge in [-0.1, -0.05) is 23.4 Å². The second-order valence-electron chi connectivity index (χ2n) is 4.84. The zero-order valence-corrected chi connectivity index (χ0v) is 15.6. The van der Waals surface area contributed by atoms with Crippen LogP contribution in [-0.2, 0) is 11.3 Å². The number of carbonyl (C=O) groups excluding carboxylic acids is 1. The molecule has 0 aliphatic heterocycles. The highest BCUT2D eigenvalue weighted by Crippen LogP contribution is 2.22. The Bertz CT molecular complexity index is 850. The van der Waals surface area contributed by atoms with E-state index in [1.807, 2.05) is 36.4 Å². The van der Waals surface area contributed by atoms with Gasteiger partial charge in [-0.2, -0.15) is 4.68 Å². The average Bonchev–Trinajstić information content (AvgIpc) is 3.27. The quantitative estimate of drug-likeness (QED) is 0.619. The molecule has 3 aromatic rings. The van der Waals surface area contributed by atoms with Gasteiger partial charge in [0.15, 0.2) is 0 Å². The summed E-state index contributed by atoms with van der Waals surface area (Å²) >= 11 is 8.58. The van der Waals surface area contributed by atoms with Gasteiger partial charge in [0.1, 0.15) is 5.75 Å². The molecule has 0 aliphatic rings. The zero-order valence-electron chi connectivity index (χ0n) is 13.2. The molecule has 0 spiro atoms. The van der Waals surface area contributed by atoms with Gasteiger partial charge < -0.3 is 10.1 Å². The van der Waals surface area contributed by atoms with Crippen molar-refractivity contribution < 1.29 is 9.53 Å². The van der Waals surface area contributed by atoms with E-state index in [9.17, 15) is 4.79 Å². The number of hydrogen-bond donors (Lipinski definition) is 1. The topological polar surface area (TPSA) is 81.9 Å². The van der Waals surface area contributed by atoms with Gasteiger partial charge >= 0.3 is 0 Å². The number of hydrogen-bond acceptors (Lipinski definition) is 7. The van der Waals surface area contributed by atoms with Gasteiger partial charge in [-0.15, -0.1) is 16.4 Å². The van der Waals surface area contributed by atoms with Crippen molar-refractivity contribution in [2.75, 3.05) is 12.9 Å². The molecule has 0 saturated carbocycles. The lowest BCUT2D eigenvalue weighted by molar-refractivity contribution is -0.118. The molecule has 0 unspecified atom stereocenters. The van der Waals surface area contributed by atoms with Crippen LogP contribution in [0.2, 0.25) is 4.34 Å². The highest BCUT2D eigenvalue weighted by molar-refractivity contribution is 7.99. The maximum atomic E-state index is 12.0. The molecule has 130 valence electrons. The van der Waals surface area contributed by atoms with Crippen molar-refractivity contribution in [3.05, 3.63) is 45.6 Å². The number of rotatable bonds is 7. The standard InChI is InChI=1S/C15H14ClN5O2S2/c1-23-11-4-2-10(3-5-11)21-15(18-19-20-21)24-9-14(22)17-8-12-6-7-13(16)25-12/h2-7H,8-9H2,1H3,(H,17,22). The van der Waals surface area contributed by atoms with Gasteiger partial charge in [0.05, 0.1) is 29.4 Å². The highest BCUT2D eigenvalue weighted by atomic mass is 35.5. The molecule has 0 atom stereocenters. The van der Waals surface area contributed by atoms with Gasteiger partial charge in [0, 0.05) is 4.88 Å². The fourth-order valence-electron chi connectivity index (χ4n) is 1.97. The average molecular weight is 396 g/mol. The van der Waals surface area contributed by atoms with Crippen LogP contribution in [0.25, 0.3) is 5.69 Å². The summed E-state index contributed by atoms with van der Waals surface area (Å²) in [6, 6.07) is 11.0. The first kappa shape index (κ1) is 17.7. The van der Waals surface area contributed by atoms with Crippen LogP contribution < -0.4 is 10.1 Å². The van der Waals surface area contributed by atoms with Crippen molar-refractivity contribution in [3.63, 3.8) is 0 Å². The third-order valence-corrected chi connectivity index (χ3v) is 5.33. The monoisotopic (exact) mass is 395 g/mol. The number of nitrogens with one attached hydrogen (secondary N) is 1. The Hall–Kier alpha value is -2.10. The zero-order chi connectivity index (χ0) is 17.6. The molecule has 1 amide bonds.